The first kappa shape index (κ1) is 10.2. The van der Waals surface area contributed by atoms with Gasteiger partial charge in [0.2, 0.25) is 0 Å². The molecule has 0 heterocycles. The summed E-state index contributed by atoms with van der Waals surface area (Å²) in [4.78, 5) is 0. The summed E-state index contributed by atoms with van der Waals surface area (Å²) in [6, 6.07) is 0. The van der Waals surface area contributed by atoms with Gasteiger partial charge in [-0.3, -0.25) is 0 Å². The fourth-order valence-electron chi connectivity index (χ4n) is 0.393. The van der Waals surface area contributed by atoms with Gasteiger partial charge >= 0.3 is 0 Å². The van der Waals surface area contributed by atoms with E-state index in [4.69, 9.17) is 0 Å². The third-order valence-electron chi connectivity index (χ3n) is 0.655. The molecule has 0 fully saturated rings. The van der Waals surface area contributed by atoms with E-state index in [9.17, 15) is 0 Å². The molecule has 0 spiro atoms. The van der Waals surface area contributed by atoms with Crippen LogP contribution in [0, 0.1) is 7.43 Å². The zero-order valence-corrected chi connectivity index (χ0v) is 6.08. The first-order valence-corrected chi connectivity index (χ1v) is 1.82. The van der Waals surface area contributed by atoms with Crippen molar-refractivity contribution in [2.45, 2.75) is 6.42 Å². The molecule has 0 saturated carbocycles. The van der Waals surface area contributed by atoms with E-state index in [1.807, 2.05) is 0 Å². The molecule has 0 aromatic heterocycles. The molecule has 0 atom stereocenters. The molecule has 0 aliphatic heterocycles. The first-order chi connectivity index (χ1) is 2.50. The number of allylic oxidation sites excluding steroid dienone is 4. The Labute approximate surface area is 60.2 Å². The van der Waals surface area contributed by atoms with E-state index in [-0.39, 0.29) is 29.1 Å². The quantitative estimate of drug-likeness (QED) is 0.346. The van der Waals surface area contributed by atoms with Crippen molar-refractivity contribution in [1.82, 2.24) is 0 Å². The van der Waals surface area contributed by atoms with Crippen LogP contribution in [0.5, 0.6) is 0 Å². The second-order valence-electron chi connectivity index (χ2n) is 1.09. The van der Waals surface area contributed by atoms with Crippen LogP contribution in [0.4, 0.5) is 0 Å². The second-order valence-corrected chi connectivity index (χ2v) is 1.09. The predicted octanol–water partition coefficient (Wildman–Crippen LogP) is 1.95. The van der Waals surface area contributed by atoms with Gasteiger partial charge in [0, 0.05) is 21.7 Å². The molecule has 0 nitrogen and oxygen atoms in total. The molecular weight excluding hydrogens is 120 g/mol. The van der Waals surface area contributed by atoms with Gasteiger partial charge in [0.15, 0.2) is 0 Å². The maximum absolute atomic E-state index is 2.12. The van der Waals surface area contributed by atoms with Crippen LogP contribution in [-0.2, 0) is 21.7 Å². The van der Waals surface area contributed by atoms with Crippen LogP contribution in [0.3, 0.4) is 0 Å². The Hall–Kier alpha value is 0.194. The zero-order valence-electron chi connectivity index (χ0n) is 4.52. The van der Waals surface area contributed by atoms with Gasteiger partial charge in [-0.25, -0.2) is 0 Å². The fourth-order valence-corrected chi connectivity index (χ4v) is 0.393. The van der Waals surface area contributed by atoms with Crippen LogP contribution in [-0.4, -0.2) is 0 Å². The molecule has 0 aromatic rings. The van der Waals surface area contributed by atoms with Crippen molar-refractivity contribution >= 4 is 0 Å². The van der Waals surface area contributed by atoms with Crippen LogP contribution in [0.1, 0.15) is 6.42 Å². The van der Waals surface area contributed by atoms with Gasteiger partial charge in [-0.1, -0.05) is 24.3 Å². The molecule has 0 bridgehead atoms. The average Bonchev–Trinajstić information content (AvgIpc) is 1.76. The van der Waals surface area contributed by atoms with Crippen LogP contribution in [0.15, 0.2) is 24.3 Å². The molecule has 7 heavy (non-hydrogen) atoms. The Morgan fingerprint density at radius 1 is 1.00 bits per heavy atom. The molecule has 0 aromatic carbocycles. The van der Waals surface area contributed by atoms with Gasteiger partial charge < -0.3 is 7.43 Å². The molecular formula is C6H9Ti-. The van der Waals surface area contributed by atoms with E-state index in [0.29, 0.717) is 0 Å². The van der Waals surface area contributed by atoms with Gasteiger partial charge in [-0.15, -0.1) is 0 Å². The summed E-state index contributed by atoms with van der Waals surface area (Å²) in [5, 5.41) is 0. The van der Waals surface area contributed by atoms with Crippen molar-refractivity contribution in [1.29, 1.82) is 0 Å². The van der Waals surface area contributed by atoms with Crippen LogP contribution < -0.4 is 0 Å². The topological polar surface area (TPSA) is 0 Å². The van der Waals surface area contributed by atoms with Crippen molar-refractivity contribution < 1.29 is 21.7 Å². The summed E-state index contributed by atoms with van der Waals surface area (Å²) in [5.74, 6) is 0. The summed E-state index contributed by atoms with van der Waals surface area (Å²) in [6.07, 6.45) is 9.50. The van der Waals surface area contributed by atoms with Crippen molar-refractivity contribution in [3.05, 3.63) is 31.7 Å². The second kappa shape index (κ2) is 6.19. The Balaban J connectivity index is 0. The van der Waals surface area contributed by atoms with Crippen molar-refractivity contribution in [2.24, 2.45) is 0 Å². The summed E-state index contributed by atoms with van der Waals surface area (Å²) >= 11 is 0. The minimum atomic E-state index is 0. The summed E-state index contributed by atoms with van der Waals surface area (Å²) in [6.45, 7) is 0. The third kappa shape index (κ3) is 4.04. The van der Waals surface area contributed by atoms with Crippen molar-refractivity contribution in [3.63, 3.8) is 0 Å². The SMILES string of the molecule is C1=CCC=C1.[CH3-].[Ti]. The van der Waals surface area contributed by atoms with E-state index in [1.165, 1.54) is 0 Å². The van der Waals surface area contributed by atoms with Gasteiger partial charge in [-0.2, -0.15) is 0 Å². The molecule has 1 rings (SSSR count). The molecule has 38 valence electrons. The van der Waals surface area contributed by atoms with E-state index < -0.39 is 0 Å². The standard InChI is InChI=1S/C5H6.CH3.Ti/c1-2-4-5-3-1;;/h1-4H,5H2;1H3;/q;-1;. The molecule has 0 radical (unpaired) electrons. The Kier molecular flexibility index (Phi) is 9.05. The predicted molar refractivity (Wildman–Crippen MR) is 29.3 cm³/mol. The molecule has 0 saturated heterocycles. The van der Waals surface area contributed by atoms with Gasteiger partial charge in [0.1, 0.15) is 0 Å². The van der Waals surface area contributed by atoms with Gasteiger partial charge in [0.25, 0.3) is 0 Å². The normalized spacial score (nSPS) is 12.6. The minimum absolute atomic E-state index is 0. The number of hydrogen-bond donors (Lipinski definition) is 0. The monoisotopic (exact) mass is 129 g/mol. The summed E-state index contributed by atoms with van der Waals surface area (Å²) in [5.41, 5.74) is 0. The van der Waals surface area contributed by atoms with Crippen LogP contribution in [0.25, 0.3) is 0 Å². The maximum atomic E-state index is 2.12. The minimum Gasteiger partial charge on any atom is -0.358 e. The first-order valence-electron chi connectivity index (χ1n) is 1.82. The molecule has 1 aliphatic rings. The Morgan fingerprint density at radius 2 is 1.43 bits per heavy atom. The Bertz CT molecular complexity index is 62.2. The number of rotatable bonds is 0. The van der Waals surface area contributed by atoms with Gasteiger partial charge in [-0.05, 0) is 6.42 Å². The zero-order chi connectivity index (χ0) is 3.54. The Morgan fingerprint density at radius 3 is 1.57 bits per heavy atom. The van der Waals surface area contributed by atoms with E-state index in [2.05, 4.69) is 24.3 Å². The fraction of sp³-hybridized carbons (Fsp3) is 0.167. The van der Waals surface area contributed by atoms with Crippen molar-refractivity contribution in [3.8, 4) is 0 Å². The number of hydrogen-bond acceptors (Lipinski definition) is 0. The maximum Gasteiger partial charge on any atom is 0 e. The molecule has 1 aliphatic carbocycles. The third-order valence-corrected chi connectivity index (χ3v) is 0.655. The van der Waals surface area contributed by atoms with E-state index >= 15 is 0 Å². The van der Waals surface area contributed by atoms with Crippen LogP contribution >= 0.6 is 0 Å². The molecule has 0 N–H and O–H groups in total. The summed E-state index contributed by atoms with van der Waals surface area (Å²) in [7, 11) is 0. The molecule has 1 heteroatoms. The van der Waals surface area contributed by atoms with E-state index in [0.717, 1.165) is 6.42 Å². The van der Waals surface area contributed by atoms with Crippen molar-refractivity contribution in [2.75, 3.05) is 0 Å². The van der Waals surface area contributed by atoms with Gasteiger partial charge in [0.05, 0.1) is 0 Å². The average molecular weight is 129 g/mol. The molecule has 0 amide bonds. The molecule has 0 unspecified atom stereocenters. The van der Waals surface area contributed by atoms with Crippen LogP contribution in [0.2, 0.25) is 0 Å². The largest absolute Gasteiger partial charge is 0.358 e. The van der Waals surface area contributed by atoms with E-state index in [1.54, 1.807) is 0 Å². The summed E-state index contributed by atoms with van der Waals surface area (Å²) < 4.78 is 0. The smallest absolute Gasteiger partial charge is 0 e.